The van der Waals surface area contributed by atoms with Gasteiger partial charge in [-0.05, 0) is 36.6 Å². The fourth-order valence-electron chi connectivity index (χ4n) is 2.96. The summed E-state index contributed by atoms with van der Waals surface area (Å²) in [7, 11) is 0. The summed E-state index contributed by atoms with van der Waals surface area (Å²) < 4.78 is 0. The highest BCUT2D eigenvalue weighted by molar-refractivity contribution is 5.97. The van der Waals surface area contributed by atoms with E-state index in [1.165, 1.54) is 5.56 Å². The van der Waals surface area contributed by atoms with Crippen LogP contribution in [0.25, 0.3) is 0 Å². The number of nitrogens with one attached hydrogen (secondary N) is 1. The second-order valence-electron chi connectivity index (χ2n) is 5.08. The van der Waals surface area contributed by atoms with E-state index in [0.29, 0.717) is 19.0 Å². The lowest BCUT2D eigenvalue weighted by atomic mass is 9.97. The molecule has 1 fully saturated rings. The highest BCUT2D eigenvalue weighted by Gasteiger charge is 2.31. The van der Waals surface area contributed by atoms with Crippen molar-refractivity contribution >= 4 is 11.6 Å². The molecule has 1 atom stereocenters. The van der Waals surface area contributed by atoms with Crippen LogP contribution < -0.4 is 16.0 Å². The number of amides is 1. The van der Waals surface area contributed by atoms with Crippen molar-refractivity contribution < 1.29 is 4.79 Å². The van der Waals surface area contributed by atoms with E-state index < -0.39 is 0 Å². The minimum Gasteiger partial charge on any atom is -0.326 e. The number of hydrogen-bond acceptors (Lipinski definition) is 3. The Balaban J connectivity index is 1.97. The largest absolute Gasteiger partial charge is 0.326 e. The van der Waals surface area contributed by atoms with Crippen LogP contribution in [0.15, 0.2) is 18.2 Å². The molecule has 0 aliphatic carbocycles. The van der Waals surface area contributed by atoms with Gasteiger partial charge in [0.2, 0.25) is 5.91 Å². The molecule has 0 radical (unpaired) electrons. The number of hydrogen-bond donors (Lipinski definition) is 2. The second-order valence-corrected chi connectivity index (χ2v) is 5.08. The molecule has 0 bridgehead atoms. The van der Waals surface area contributed by atoms with Gasteiger partial charge in [-0.2, -0.15) is 0 Å². The Morgan fingerprint density at radius 2 is 2.28 bits per heavy atom. The smallest absolute Gasteiger partial charge is 0.227 e. The summed E-state index contributed by atoms with van der Waals surface area (Å²) in [5, 5.41) is 3.33. The number of fused-ring (bicyclic) bond motifs is 1. The van der Waals surface area contributed by atoms with Gasteiger partial charge in [-0.25, -0.2) is 0 Å². The summed E-state index contributed by atoms with van der Waals surface area (Å²) in [6.07, 6.45) is 2.51. The van der Waals surface area contributed by atoms with Gasteiger partial charge in [0.25, 0.3) is 0 Å². The molecular weight excluding hydrogens is 226 g/mol. The molecule has 2 aliphatic rings. The maximum absolute atomic E-state index is 12.2. The van der Waals surface area contributed by atoms with Crippen molar-refractivity contribution in [3.05, 3.63) is 29.3 Å². The third kappa shape index (κ3) is 1.91. The number of nitrogens with two attached hydrogens (primary N) is 1. The van der Waals surface area contributed by atoms with Crippen LogP contribution in [0.5, 0.6) is 0 Å². The molecule has 2 heterocycles. The first-order chi connectivity index (χ1) is 8.79. The van der Waals surface area contributed by atoms with Crippen LogP contribution >= 0.6 is 0 Å². The van der Waals surface area contributed by atoms with Crippen LogP contribution in [0.1, 0.15) is 24.0 Å². The topological polar surface area (TPSA) is 58.4 Å². The lowest BCUT2D eigenvalue weighted by Crippen LogP contribution is -2.44. The highest BCUT2D eigenvalue weighted by Crippen LogP contribution is 2.31. The van der Waals surface area contributed by atoms with Gasteiger partial charge < -0.3 is 16.0 Å². The first kappa shape index (κ1) is 11.7. The molecule has 0 aromatic heterocycles. The van der Waals surface area contributed by atoms with E-state index in [4.69, 9.17) is 5.73 Å². The average molecular weight is 245 g/mol. The Kier molecular flexibility index (Phi) is 3.06. The van der Waals surface area contributed by atoms with Crippen LogP contribution in [0.4, 0.5) is 5.69 Å². The van der Waals surface area contributed by atoms with E-state index in [0.717, 1.165) is 37.2 Å². The molecule has 0 saturated carbocycles. The Hall–Kier alpha value is -1.39. The van der Waals surface area contributed by atoms with Gasteiger partial charge in [0, 0.05) is 25.2 Å². The first-order valence-corrected chi connectivity index (χ1v) is 6.64. The summed E-state index contributed by atoms with van der Waals surface area (Å²) in [5.74, 6) is 0.261. The van der Waals surface area contributed by atoms with Crippen LogP contribution in [0.2, 0.25) is 0 Å². The van der Waals surface area contributed by atoms with Crippen molar-refractivity contribution in [1.29, 1.82) is 0 Å². The molecule has 1 amide bonds. The molecule has 3 rings (SSSR count). The van der Waals surface area contributed by atoms with Crippen LogP contribution in [0, 0.1) is 0 Å². The van der Waals surface area contributed by atoms with E-state index >= 15 is 0 Å². The minimum absolute atomic E-state index is 0.261. The van der Waals surface area contributed by atoms with Gasteiger partial charge in [-0.3, -0.25) is 4.79 Å². The number of rotatable bonds is 2. The Bertz CT molecular complexity index is 466. The fraction of sp³-hybridized carbons (Fsp3) is 0.500. The number of carbonyl (C=O) groups excluding carboxylic acids is 1. The molecule has 1 aromatic carbocycles. The number of nitrogens with zero attached hydrogens (tertiary/aromatic N) is 1. The zero-order valence-electron chi connectivity index (χ0n) is 10.5. The molecule has 4 nitrogen and oxygen atoms in total. The molecule has 0 spiro atoms. The Morgan fingerprint density at radius 3 is 3.00 bits per heavy atom. The van der Waals surface area contributed by atoms with Gasteiger partial charge in [0.15, 0.2) is 0 Å². The number of aryl methyl sites for hydroxylation is 1. The van der Waals surface area contributed by atoms with Crippen LogP contribution in [-0.2, 0) is 17.8 Å². The average Bonchev–Trinajstić information content (AvgIpc) is 2.91. The summed E-state index contributed by atoms with van der Waals surface area (Å²) in [6, 6.07) is 6.57. The van der Waals surface area contributed by atoms with Crippen molar-refractivity contribution in [3.8, 4) is 0 Å². The molecule has 18 heavy (non-hydrogen) atoms. The standard InChI is InChI=1S/C14H19N3O/c15-8-10-1-3-13-11(7-10)2-4-14(18)17(13)12-5-6-16-9-12/h1,3,7,12,16H,2,4-6,8-9,15H2. The SMILES string of the molecule is NCc1ccc2c(c1)CCC(=O)N2C1CCNC1. The van der Waals surface area contributed by atoms with Crippen molar-refractivity contribution in [3.63, 3.8) is 0 Å². The quantitative estimate of drug-likeness (QED) is 0.810. The van der Waals surface area contributed by atoms with Gasteiger partial charge in [-0.1, -0.05) is 12.1 Å². The molecular formula is C14H19N3O. The lowest BCUT2D eigenvalue weighted by molar-refractivity contribution is -0.119. The highest BCUT2D eigenvalue weighted by atomic mass is 16.2. The number of carbonyl (C=O) groups is 1. The van der Waals surface area contributed by atoms with Crippen LogP contribution in [0.3, 0.4) is 0 Å². The van der Waals surface area contributed by atoms with E-state index in [9.17, 15) is 4.79 Å². The van der Waals surface area contributed by atoms with E-state index in [1.807, 2.05) is 11.0 Å². The first-order valence-electron chi connectivity index (χ1n) is 6.64. The van der Waals surface area contributed by atoms with Gasteiger partial charge in [0.05, 0.1) is 6.04 Å². The Labute approximate surface area is 107 Å². The van der Waals surface area contributed by atoms with Crippen molar-refractivity contribution in [2.24, 2.45) is 5.73 Å². The van der Waals surface area contributed by atoms with Crippen molar-refractivity contribution in [2.45, 2.75) is 31.8 Å². The van der Waals surface area contributed by atoms with Crippen LogP contribution in [-0.4, -0.2) is 25.0 Å². The molecule has 2 aliphatic heterocycles. The number of anilines is 1. The molecule has 1 aromatic rings. The zero-order chi connectivity index (χ0) is 12.5. The monoisotopic (exact) mass is 245 g/mol. The normalized spacial score (nSPS) is 23.3. The van der Waals surface area contributed by atoms with Gasteiger partial charge in [-0.15, -0.1) is 0 Å². The minimum atomic E-state index is 0.261. The van der Waals surface area contributed by atoms with Crippen molar-refractivity contribution in [1.82, 2.24) is 5.32 Å². The zero-order valence-corrected chi connectivity index (χ0v) is 10.5. The maximum atomic E-state index is 12.2. The van der Waals surface area contributed by atoms with E-state index in [1.54, 1.807) is 0 Å². The predicted octanol–water partition coefficient (Wildman–Crippen LogP) is 0.786. The molecule has 1 unspecified atom stereocenters. The third-order valence-electron chi connectivity index (χ3n) is 3.92. The third-order valence-corrected chi connectivity index (χ3v) is 3.92. The Morgan fingerprint density at radius 1 is 1.39 bits per heavy atom. The number of benzene rings is 1. The molecule has 1 saturated heterocycles. The predicted molar refractivity (Wildman–Crippen MR) is 71.4 cm³/mol. The molecule has 3 N–H and O–H groups in total. The van der Waals surface area contributed by atoms with Crippen molar-refractivity contribution in [2.75, 3.05) is 18.0 Å². The lowest BCUT2D eigenvalue weighted by Gasteiger charge is -2.34. The van der Waals surface area contributed by atoms with Gasteiger partial charge >= 0.3 is 0 Å². The maximum Gasteiger partial charge on any atom is 0.227 e. The van der Waals surface area contributed by atoms with E-state index in [-0.39, 0.29) is 5.91 Å². The fourth-order valence-corrected chi connectivity index (χ4v) is 2.96. The summed E-state index contributed by atoms with van der Waals surface area (Å²) in [4.78, 5) is 14.2. The second kappa shape index (κ2) is 4.71. The summed E-state index contributed by atoms with van der Waals surface area (Å²) in [5.41, 5.74) is 9.19. The molecule has 4 heteroatoms. The van der Waals surface area contributed by atoms with Gasteiger partial charge in [0.1, 0.15) is 0 Å². The summed E-state index contributed by atoms with van der Waals surface area (Å²) in [6.45, 7) is 2.47. The van der Waals surface area contributed by atoms with E-state index in [2.05, 4.69) is 17.4 Å². The molecule has 96 valence electrons. The summed E-state index contributed by atoms with van der Waals surface area (Å²) >= 11 is 0.